The first-order valence-corrected chi connectivity index (χ1v) is 16.4. The van der Waals surface area contributed by atoms with Crippen molar-refractivity contribution in [2.24, 2.45) is 29.6 Å². The van der Waals surface area contributed by atoms with Crippen LogP contribution in [-0.2, 0) is 19.2 Å². The van der Waals surface area contributed by atoms with Crippen LogP contribution in [0.3, 0.4) is 0 Å². The summed E-state index contributed by atoms with van der Waals surface area (Å²) >= 11 is 0. The molecule has 2 heterocycles. The zero-order valence-corrected chi connectivity index (χ0v) is 26.8. The van der Waals surface area contributed by atoms with E-state index in [1.165, 1.54) is 23.6 Å². The molecule has 6 atom stereocenters. The summed E-state index contributed by atoms with van der Waals surface area (Å²) in [6.45, 7) is 2.89. The van der Waals surface area contributed by atoms with E-state index in [0.717, 1.165) is 16.3 Å². The van der Waals surface area contributed by atoms with Gasteiger partial charge in [-0.1, -0.05) is 42.0 Å². The Hall–Kier alpha value is -5.70. The largest absolute Gasteiger partial charge is 0.508 e. The van der Waals surface area contributed by atoms with Gasteiger partial charge in [0.15, 0.2) is 11.6 Å². The number of benzene rings is 4. The predicted molar refractivity (Wildman–Crippen MR) is 181 cm³/mol. The second kappa shape index (κ2) is 11.2. The summed E-state index contributed by atoms with van der Waals surface area (Å²) < 4.78 is 0. The molecule has 6 unspecified atom stereocenters. The molecule has 49 heavy (non-hydrogen) atoms. The van der Waals surface area contributed by atoms with Crippen molar-refractivity contribution in [2.75, 3.05) is 9.80 Å². The molecule has 1 N–H and O–H groups in total. The Morgan fingerprint density at radius 1 is 0.633 bits per heavy atom. The Labute approximate surface area is 281 Å². The number of hydrogen-bond acceptors (Lipinski definition) is 7. The highest BCUT2D eigenvalue weighted by Gasteiger charge is 2.62. The molecule has 0 spiro atoms. The van der Waals surface area contributed by atoms with Crippen molar-refractivity contribution in [1.29, 1.82) is 0 Å². The second-order valence-corrected chi connectivity index (χ2v) is 13.5. The molecule has 1 saturated carbocycles. The van der Waals surface area contributed by atoms with Gasteiger partial charge in [-0.3, -0.25) is 38.6 Å². The molecule has 0 radical (unpaired) electrons. The van der Waals surface area contributed by atoms with Gasteiger partial charge in [0.2, 0.25) is 23.6 Å². The Morgan fingerprint density at radius 3 is 1.78 bits per heavy atom. The number of hydrogen-bond donors (Lipinski definition) is 1. The fourth-order valence-electron chi connectivity index (χ4n) is 8.72. The first-order valence-electron chi connectivity index (χ1n) is 16.4. The number of rotatable bonds is 5. The number of carbonyl (C=O) groups is 6. The maximum absolute atomic E-state index is 14.5. The number of imide groups is 2. The van der Waals surface area contributed by atoms with Gasteiger partial charge in [-0.25, -0.2) is 0 Å². The van der Waals surface area contributed by atoms with Crippen LogP contribution >= 0.6 is 0 Å². The number of amides is 4. The van der Waals surface area contributed by atoms with Gasteiger partial charge in [-0.05, 0) is 98.0 Å². The number of ketones is 2. The fourth-order valence-corrected chi connectivity index (χ4v) is 8.72. The molecule has 8 rings (SSSR count). The summed E-state index contributed by atoms with van der Waals surface area (Å²) in [5.74, 6) is -6.23. The van der Waals surface area contributed by atoms with E-state index in [1.807, 2.05) is 30.3 Å². The van der Waals surface area contributed by atoms with Gasteiger partial charge in [0.1, 0.15) is 5.75 Å². The van der Waals surface area contributed by atoms with Crippen LogP contribution in [0.1, 0.15) is 58.9 Å². The lowest BCUT2D eigenvalue weighted by atomic mass is 9.56. The lowest BCUT2D eigenvalue weighted by Gasteiger charge is -2.44. The summed E-state index contributed by atoms with van der Waals surface area (Å²) in [7, 11) is 0. The standard InChI is InChI=1S/C40H32N2O7/c1-20(43)22-7-12-25(13-8-22)41-37(46)29-17-16-28-30(33(29)39(41)48)19-31-36(35(28)34-27-6-4-3-5-24(27)11-18-32(34)45)40(49)42(38(31)47)26-14-9-23(10-15-26)21(2)44/h3-16,18,29-31,33,35-36,45H,17,19H2,1-2H3. The molecule has 0 bridgehead atoms. The minimum atomic E-state index is -0.863. The fraction of sp³-hybridized carbons (Fsp3) is 0.250. The molecule has 244 valence electrons. The van der Waals surface area contributed by atoms with Crippen molar-refractivity contribution in [2.45, 2.75) is 32.6 Å². The first kappa shape index (κ1) is 30.6. The second-order valence-electron chi connectivity index (χ2n) is 13.5. The number of Topliss-reactive ketones (excluding diaryl/α,β-unsaturated/α-hetero) is 2. The summed E-state index contributed by atoms with van der Waals surface area (Å²) in [5, 5.41) is 13.1. The van der Waals surface area contributed by atoms with Crippen LogP contribution < -0.4 is 9.80 Å². The van der Waals surface area contributed by atoms with Crippen molar-refractivity contribution < 1.29 is 33.9 Å². The van der Waals surface area contributed by atoms with Crippen LogP contribution in [0.5, 0.6) is 5.75 Å². The molecule has 9 heteroatoms. The number of aromatic hydroxyl groups is 1. The van der Waals surface area contributed by atoms with E-state index in [1.54, 1.807) is 60.7 Å². The zero-order valence-electron chi connectivity index (χ0n) is 26.8. The van der Waals surface area contributed by atoms with Crippen LogP contribution in [0.25, 0.3) is 10.8 Å². The van der Waals surface area contributed by atoms with Crippen molar-refractivity contribution in [3.05, 3.63) is 113 Å². The summed E-state index contributed by atoms with van der Waals surface area (Å²) in [6, 6.07) is 23.7. The number of allylic oxidation sites excluding steroid dienone is 2. The lowest BCUT2D eigenvalue weighted by molar-refractivity contribution is -0.126. The molecule has 2 aliphatic carbocycles. The average molecular weight is 653 g/mol. The number of phenolic OH excluding ortho intramolecular Hbond substituents is 1. The Morgan fingerprint density at radius 2 is 1.18 bits per heavy atom. The van der Waals surface area contributed by atoms with E-state index >= 15 is 0 Å². The SMILES string of the molecule is CC(=O)c1ccc(N2C(=O)C3CC=C4C(CC5C(=O)N(c6ccc(C(C)=O)cc6)C(=O)C5C4c4c(O)ccc5ccccc45)C3C2=O)cc1. The van der Waals surface area contributed by atoms with Crippen molar-refractivity contribution in [1.82, 2.24) is 0 Å². The third-order valence-electron chi connectivity index (χ3n) is 11.0. The Bertz CT molecular complexity index is 2170. The van der Waals surface area contributed by atoms with Crippen molar-refractivity contribution >= 4 is 57.3 Å². The normalized spacial score (nSPS) is 26.0. The van der Waals surface area contributed by atoms with Crippen molar-refractivity contribution in [3.8, 4) is 5.75 Å². The van der Waals surface area contributed by atoms with Gasteiger partial charge < -0.3 is 5.11 Å². The molecular weight excluding hydrogens is 620 g/mol. The van der Waals surface area contributed by atoms with Crippen LogP contribution in [0, 0.1) is 29.6 Å². The Balaban J connectivity index is 1.26. The Kier molecular flexibility index (Phi) is 6.99. The highest BCUT2D eigenvalue weighted by atomic mass is 16.3. The number of anilines is 2. The molecule has 9 nitrogen and oxygen atoms in total. The third-order valence-corrected chi connectivity index (χ3v) is 11.0. The maximum atomic E-state index is 14.5. The smallest absolute Gasteiger partial charge is 0.238 e. The number of fused-ring (bicyclic) bond motifs is 5. The van der Waals surface area contributed by atoms with E-state index in [4.69, 9.17) is 0 Å². The number of nitrogens with zero attached hydrogens (tertiary/aromatic N) is 2. The van der Waals surface area contributed by atoms with E-state index in [-0.39, 0.29) is 42.0 Å². The van der Waals surface area contributed by atoms with E-state index < -0.39 is 47.3 Å². The van der Waals surface area contributed by atoms with Gasteiger partial charge in [-0.15, -0.1) is 0 Å². The molecule has 4 amide bonds. The molecule has 3 fully saturated rings. The highest BCUT2D eigenvalue weighted by molar-refractivity contribution is 6.24. The number of carbonyl (C=O) groups excluding carboxylic acids is 6. The van der Waals surface area contributed by atoms with Crippen LogP contribution in [-0.4, -0.2) is 40.3 Å². The molecule has 4 aromatic carbocycles. The summed E-state index contributed by atoms with van der Waals surface area (Å²) in [5.41, 5.74) is 2.93. The molecular formula is C40H32N2O7. The van der Waals surface area contributed by atoms with Crippen LogP contribution in [0.15, 0.2) is 96.6 Å². The number of phenols is 1. The third kappa shape index (κ3) is 4.52. The van der Waals surface area contributed by atoms with Crippen LogP contribution in [0.2, 0.25) is 0 Å². The van der Waals surface area contributed by atoms with Crippen molar-refractivity contribution in [3.63, 3.8) is 0 Å². The van der Waals surface area contributed by atoms with Gasteiger partial charge in [0.05, 0.1) is 35.0 Å². The van der Waals surface area contributed by atoms with Crippen LogP contribution in [0.4, 0.5) is 11.4 Å². The monoisotopic (exact) mass is 652 g/mol. The maximum Gasteiger partial charge on any atom is 0.238 e. The summed E-state index contributed by atoms with van der Waals surface area (Å²) in [6.07, 6.45) is 2.40. The van der Waals surface area contributed by atoms with Gasteiger partial charge in [-0.2, -0.15) is 0 Å². The molecule has 2 aliphatic heterocycles. The average Bonchev–Trinajstić information content (AvgIpc) is 3.51. The highest BCUT2D eigenvalue weighted by Crippen LogP contribution is 2.60. The minimum absolute atomic E-state index is 0.0170. The quantitative estimate of drug-likeness (QED) is 0.159. The summed E-state index contributed by atoms with van der Waals surface area (Å²) in [4.78, 5) is 83.3. The van der Waals surface area contributed by atoms with E-state index in [9.17, 15) is 33.9 Å². The molecule has 2 saturated heterocycles. The molecule has 0 aromatic heterocycles. The zero-order chi connectivity index (χ0) is 34.3. The van der Waals surface area contributed by atoms with E-state index in [2.05, 4.69) is 0 Å². The first-order chi connectivity index (χ1) is 23.6. The minimum Gasteiger partial charge on any atom is -0.508 e. The van der Waals surface area contributed by atoms with Gasteiger partial charge >= 0.3 is 0 Å². The predicted octanol–water partition coefficient (Wildman–Crippen LogP) is 6.00. The molecule has 4 aromatic rings. The topological polar surface area (TPSA) is 129 Å². The molecule has 4 aliphatic rings. The van der Waals surface area contributed by atoms with Gasteiger partial charge in [0.25, 0.3) is 0 Å². The lowest BCUT2D eigenvalue weighted by Crippen LogP contribution is -2.43. The van der Waals surface area contributed by atoms with E-state index in [0.29, 0.717) is 28.1 Å². The van der Waals surface area contributed by atoms with Gasteiger partial charge in [0, 0.05) is 22.6 Å².